The molecule has 0 aliphatic rings. The summed E-state index contributed by atoms with van der Waals surface area (Å²) in [6, 6.07) is 14.7. The van der Waals surface area contributed by atoms with Crippen LogP contribution in [0, 0.1) is 6.92 Å². The highest BCUT2D eigenvalue weighted by molar-refractivity contribution is 6.04. The highest BCUT2D eigenvalue weighted by atomic mass is 19.4. The van der Waals surface area contributed by atoms with Crippen LogP contribution in [0.5, 0.6) is 0 Å². The van der Waals surface area contributed by atoms with Gasteiger partial charge in [0.15, 0.2) is 5.69 Å². The van der Waals surface area contributed by atoms with Crippen molar-refractivity contribution in [1.29, 1.82) is 0 Å². The maximum absolute atomic E-state index is 12.5. The van der Waals surface area contributed by atoms with Crippen LogP contribution in [0.3, 0.4) is 0 Å². The van der Waals surface area contributed by atoms with Crippen LogP contribution in [-0.4, -0.2) is 27.8 Å². The number of nitrogens with zero attached hydrogens (tertiary/aromatic N) is 3. The number of aryl methyl sites for hydroxylation is 1. The van der Waals surface area contributed by atoms with E-state index in [1.807, 2.05) is 19.1 Å². The number of nitrogens with one attached hydrogen (secondary N) is 2. The van der Waals surface area contributed by atoms with Crippen LogP contribution in [0.25, 0.3) is 0 Å². The van der Waals surface area contributed by atoms with E-state index in [2.05, 4.69) is 20.9 Å². The molecule has 2 amide bonds. The lowest BCUT2D eigenvalue weighted by Crippen LogP contribution is -2.23. The third-order valence-corrected chi connectivity index (χ3v) is 4.10. The molecule has 2 N–H and O–H groups in total. The van der Waals surface area contributed by atoms with Crippen molar-refractivity contribution < 1.29 is 22.8 Å². The molecule has 0 saturated carbocycles. The van der Waals surface area contributed by atoms with E-state index in [0.717, 1.165) is 22.5 Å². The molecule has 160 valence electrons. The van der Waals surface area contributed by atoms with Gasteiger partial charge in [-0.2, -0.15) is 23.4 Å². The summed E-state index contributed by atoms with van der Waals surface area (Å²) in [4.78, 5) is 24.1. The first-order valence-electron chi connectivity index (χ1n) is 9.11. The summed E-state index contributed by atoms with van der Waals surface area (Å²) in [5.41, 5.74) is 3.85. The van der Waals surface area contributed by atoms with Crippen molar-refractivity contribution in [3.8, 4) is 0 Å². The Balaban J connectivity index is 1.55. The predicted molar refractivity (Wildman–Crippen MR) is 109 cm³/mol. The fourth-order valence-electron chi connectivity index (χ4n) is 2.57. The van der Waals surface area contributed by atoms with Crippen LogP contribution < -0.4 is 10.7 Å². The van der Waals surface area contributed by atoms with E-state index in [1.165, 1.54) is 6.21 Å². The second-order valence-corrected chi connectivity index (χ2v) is 6.64. The molecule has 1 aromatic heterocycles. The first-order valence-corrected chi connectivity index (χ1v) is 9.11. The summed E-state index contributed by atoms with van der Waals surface area (Å²) in [6.45, 7) is 1.51. The Bertz CT molecular complexity index is 1100. The topological polar surface area (TPSA) is 88.4 Å². The van der Waals surface area contributed by atoms with Crippen LogP contribution in [0.15, 0.2) is 65.9 Å². The van der Waals surface area contributed by atoms with E-state index in [4.69, 9.17) is 0 Å². The predicted octanol–water partition coefficient (Wildman–Crippen LogP) is 3.61. The molecule has 0 radical (unpaired) electrons. The van der Waals surface area contributed by atoms with Gasteiger partial charge in [0.2, 0.25) is 0 Å². The van der Waals surface area contributed by atoms with Gasteiger partial charge < -0.3 is 5.32 Å². The van der Waals surface area contributed by atoms with Crippen molar-refractivity contribution in [3.05, 3.63) is 83.2 Å². The molecule has 0 fully saturated rings. The van der Waals surface area contributed by atoms with Crippen LogP contribution in [0.2, 0.25) is 0 Å². The molecule has 0 aliphatic carbocycles. The first kappa shape index (κ1) is 21.8. The minimum atomic E-state index is -4.57. The van der Waals surface area contributed by atoms with E-state index < -0.39 is 24.3 Å². The Labute approximate surface area is 175 Å². The van der Waals surface area contributed by atoms with Crippen molar-refractivity contribution in [2.75, 3.05) is 5.32 Å². The minimum absolute atomic E-state index is 0.264. The molecule has 0 atom stereocenters. The van der Waals surface area contributed by atoms with Crippen LogP contribution in [0.1, 0.15) is 27.2 Å². The van der Waals surface area contributed by atoms with Gasteiger partial charge in [-0.3, -0.25) is 14.3 Å². The lowest BCUT2D eigenvalue weighted by Gasteiger charge is -2.06. The molecule has 0 bridgehead atoms. The van der Waals surface area contributed by atoms with Gasteiger partial charge in [0, 0.05) is 17.4 Å². The molecular formula is C21H18F3N5O2. The Hall–Kier alpha value is -3.95. The SMILES string of the molecule is Cc1ccc(C(=O)Nc2cccc(/C=N/NC(=O)Cn3ccc(C(F)(F)F)n3)c2)cc1. The number of hydrogen-bond donors (Lipinski definition) is 2. The van der Waals surface area contributed by atoms with Gasteiger partial charge in [0.05, 0.1) is 6.21 Å². The van der Waals surface area contributed by atoms with Gasteiger partial charge in [-0.15, -0.1) is 0 Å². The monoisotopic (exact) mass is 429 g/mol. The van der Waals surface area contributed by atoms with Crippen molar-refractivity contribution in [2.24, 2.45) is 5.10 Å². The summed E-state index contributed by atoms with van der Waals surface area (Å²) in [5.74, 6) is -0.906. The number of amides is 2. The summed E-state index contributed by atoms with van der Waals surface area (Å²) in [6.07, 6.45) is -2.16. The molecular weight excluding hydrogens is 411 g/mol. The standard InChI is InChI=1S/C21H18F3N5O2/c1-14-5-7-16(8-6-14)20(31)26-17-4-2-3-15(11-17)12-25-27-19(30)13-29-10-9-18(28-29)21(22,23)24/h2-12H,13H2,1H3,(H,26,31)(H,27,30)/b25-12+. The first-order chi connectivity index (χ1) is 14.7. The second-order valence-electron chi connectivity index (χ2n) is 6.64. The second kappa shape index (κ2) is 9.24. The summed E-state index contributed by atoms with van der Waals surface area (Å²) in [5, 5.41) is 9.85. The van der Waals surface area contributed by atoms with Crippen molar-refractivity contribution >= 4 is 23.7 Å². The summed E-state index contributed by atoms with van der Waals surface area (Å²) < 4.78 is 38.5. The number of aromatic nitrogens is 2. The van der Waals surface area contributed by atoms with Gasteiger partial charge in [0.1, 0.15) is 6.54 Å². The molecule has 1 heterocycles. The number of halogens is 3. The molecule has 0 unspecified atom stereocenters. The van der Waals surface area contributed by atoms with Gasteiger partial charge in [-0.1, -0.05) is 29.8 Å². The van der Waals surface area contributed by atoms with Gasteiger partial charge in [0.25, 0.3) is 11.8 Å². The van der Waals surface area contributed by atoms with Gasteiger partial charge >= 0.3 is 6.18 Å². The Morgan fingerprint density at radius 2 is 1.87 bits per heavy atom. The fourth-order valence-corrected chi connectivity index (χ4v) is 2.57. The van der Waals surface area contributed by atoms with E-state index in [-0.39, 0.29) is 5.91 Å². The van der Waals surface area contributed by atoms with E-state index in [0.29, 0.717) is 16.8 Å². The van der Waals surface area contributed by atoms with Gasteiger partial charge in [-0.05, 0) is 42.8 Å². The molecule has 0 saturated heterocycles. The van der Waals surface area contributed by atoms with Crippen molar-refractivity contribution in [1.82, 2.24) is 15.2 Å². The lowest BCUT2D eigenvalue weighted by atomic mass is 10.1. The quantitative estimate of drug-likeness (QED) is 0.464. The van der Waals surface area contributed by atoms with E-state index in [9.17, 15) is 22.8 Å². The maximum atomic E-state index is 12.5. The zero-order valence-electron chi connectivity index (χ0n) is 16.3. The van der Waals surface area contributed by atoms with E-state index in [1.54, 1.807) is 36.4 Å². The minimum Gasteiger partial charge on any atom is -0.322 e. The third kappa shape index (κ3) is 6.26. The number of alkyl halides is 3. The number of hydrogen-bond acceptors (Lipinski definition) is 4. The smallest absolute Gasteiger partial charge is 0.322 e. The summed E-state index contributed by atoms with van der Waals surface area (Å²) in [7, 11) is 0. The highest BCUT2D eigenvalue weighted by Crippen LogP contribution is 2.27. The molecule has 0 spiro atoms. The normalized spacial score (nSPS) is 11.5. The van der Waals surface area contributed by atoms with Crippen LogP contribution in [0.4, 0.5) is 18.9 Å². The molecule has 3 rings (SSSR count). The van der Waals surface area contributed by atoms with Gasteiger partial charge in [-0.25, -0.2) is 5.43 Å². The lowest BCUT2D eigenvalue weighted by molar-refractivity contribution is -0.141. The Kier molecular flexibility index (Phi) is 6.49. The average molecular weight is 429 g/mol. The zero-order valence-corrected chi connectivity index (χ0v) is 16.3. The number of hydrazone groups is 1. The molecule has 3 aromatic rings. The molecule has 7 nitrogen and oxygen atoms in total. The number of carbonyl (C=O) groups is 2. The number of benzene rings is 2. The van der Waals surface area contributed by atoms with E-state index >= 15 is 0 Å². The van der Waals surface area contributed by atoms with Crippen molar-refractivity contribution in [3.63, 3.8) is 0 Å². The number of rotatable bonds is 6. The maximum Gasteiger partial charge on any atom is 0.435 e. The van der Waals surface area contributed by atoms with Crippen molar-refractivity contribution in [2.45, 2.75) is 19.6 Å². The average Bonchev–Trinajstić information content (AvgIpc) is 3.18. The zero-order chi connectivity index (χ0) is 22.4. The molecule has 2 aromatic carbocycles. The number of carbonyl (C=O) groups excluding carboxylic acids is 2. The van der Waals surface area contributed by atoms with Crippen LogP contribution in [-0.2, 0) is 17.5 Å². The largest absolute Gasteiger partial charge is 0.435 e. The number of anilines is 1. The Morgan fingerprint density at radius 1 is 1.13 bits per heavy atom. The summed E-state index contributed by atoms with van der Waals surface area (Å²) >= 11 is 0. The highest BCUT2D eigenvalue weighted by Gasteiger charge is 2.33. The molecule has 10 heteroatoms. The van der Waals surface area contributed by atoms with Crippen LogP contribution >= 0.6 is 0 Å². The third-order valence-electron chi connectivity index (χ3n) is 4.10. The molecule has 0 aliphatic heterocycles. The fraction of sp³-hybridized carbons (Fsp3) is 0.143. The molecule has 31 heavy (non-hydrogen) atoms. The Morgan fingerprint density at radius 3 is 2.55 bits per heavy atom.